The number of hydrogen-bond acceptors (Lipinski definition) is 7. The topological polar surface area (TPSA) is 98.7 Å². The van der Waals surface area contributed by atoms with Crippen molar-refractivity contribution >= 4 is 17.1 Å². The Labute approximate surface area is 275 Å². The zero-order valence-corrected chi connectivity index (χ0v) is 27.4. The first-order valence-corrected chi connectivity index (χ1v) is 15.6. The minimum Gasteiger partial charge on any atom is -0.494 e. The smallest absolute Gasteiger partial charge is 0.282 e. The van der Waals surface area contributed by atoms with Crippen molar-refractivity contribution in [2.45, 2.75) is 46.6 Å². The molecule has 8 heteroatoms. The van der Waals surface area contributed by atoms with Gasteiger partial charge in [-0.3, -0.25) is 4.79 Å². The zero-order chi connectivity index (χ0) is 33.5. The van der Waals surface area contributed by atoms with E-state index < -0.39 is 0 Å². The van der Waals surface area contributed by atoms with Gasteiger partial charge in [0.25, 0.3) is 5.56 Å². The van der Waals surface area contributed by atoms with Gasteiger partial charge in [0.2, 0.25) is 0 Å². The van der Waals surface area contributed by atoms with Gasteiger partial charge < -0.3 is 14.2 Å². The fourth-order valence-electron chi connectivity index (χ4n) is 5.49. The molecule has 0 N–H and O–H groups in total. The van der Waals surface area contributed by atoms with Gasteiger partial charge in [-0.1, -0.05) is 50.3 Å². The summed E-state index contributed by atoms with van der Waals surface area (Å²) >= 11 is 0. The Hall–Kier alpha value is -5.68. The highest BCUT2D eigenvalue weighted by Crippen LogP contribution is 2.36. The number of nitriles is 1. The van der Waals surface area contributed by atoms with Crippen molar-refractivity contribution in [2.24, 2.45) is 5.10 Å². The summed E-state index contributed by atoms with van der Waals surface area (Å²) < 4.78 is 19.3. The molecule has 0 bridgehead atoms. The largest absolute Gasteiger partial charge is 0.494 e. The molecule has 5 aromatic rings. The van der Waals surface area contributed by atoms with Crippen molar-refractivity contribution in [2.75, 3.05) is 13.7 Å². The van der Waals surface area contributed by atoms with Crippen LogP contribution in [-0.2, 0) is 13.0 Å². The fourth-order valence-corrected chi connectivity index (χ4v) is 5.49. The third-order valence-corrected chi connectivity index (χ3v) is 7.84. The van der Waals surface area contributed by atoms with Crippen LogP contribution in [0, 0.1) is 18.3 Å². The van der Waals surface area contributed by atoms with Gasteiger partial charge >= 0.3 is 0 Å². The van der Waals surface area contributed by atoms with E-state index in [4.69, 9.17) is 24.3 Å². The van der Waals surface area contributed by atoms with Crippen molar-refractivity contribution in [1.82, 2.24) is 9.66 Å². The molecule has 238 valence electrons. The van der Waals surface area contributed by atoms with Gasteiger partial charge in [0.05, 0.1) is 42.5 Å². The Kier molecular flexibility index (Phi) is 10.2. The van der Waals surface area contributed by atoms with Gasteiger partial charge in [-0.15, -0.1) is 6.58 Å². The summed E-state index contributed by atoms with van der Waals surface area (Å²) in [6.45, 7) is 12.8. The van der Waals surface area contributed by atoms with E-state index in [0.717, 1.165) is 33.6 Å². The lowest BCUT2D eigenvalue weighted by molar-refractivity contribution is 0.281. The van der Waals surface area contributed by atoms with Crippen molar-refractivity contribution < 1.29 is 14.2 Å². The van der Waals surface area contributed by atoms with Crippen LogP contribution in [0.3, 0.4) is 0 Å². The Morgan fingerprint density at radius 1 is 1.02 bits per heavy atom. The van der Waals surface area contributed by atoms with E-state index in [1.165, 1.54) is 4.68 Å². The van der Waals surface area contributed by atoms with E-state index in [-0.39, 0.29) is 18.1 Å². The van der Waals surface area contributed by atoms with E-state index in [9.17, 15) is 10.1 Å². The summed E-state index contributed by atoms with van der Waals surface area (Å²) in [4.78, 5) is 18.9. The van der Waals surface area contributed by atoms with Gasteiger partial charge in [0.15, 0.2) is 17.3 Å². The van der Waals surface area contributed by atoms with Crippen LogP contribution in [0.15, 0.2) is 95.3 Å². The SMILES string of the molecule is C=CCc1cc(C=Nn2c(-c3cc(C(C)C)c(OCC)cc3C)nc3ccccc3c2=O)cc(OC)c1OCc1ccccc1C#N. The number of benzene rings is 4. The van der Waals surface area contributed by atoms with Crippen LogP contribution < -0.4 is 19.8 Å². The number of fused-ring (bicyclic) bond motifs is 1. The first-order chi connectivity index (χ1) is 22.8. The van der Waals surface area contributed by atoms with Crippen LogP contribution in [-0.4, -0.2) is 29.6 Å². The lowest BCUT2D eigenvalue weighted by Gasteiger charge is -2.18. The average molecular weight is 627 g/mol. The first-order valence-electron chi connectivity index (χ1n) is 15.6. The molecule has 0 amide bonds. The molecule has 0 aliphatic heterocycles. The number of para-hydroxylation sites is 1. The van der Waals surface area contributed by atoms with Crippen LogP contribution in [0.5, 0.6) is 17.2 Å². The van der Waals surface area contributed by atoms with E-state index in [1.807, 2.05) is 62.4 Å². The minimum absolute atomic E-state index is 0.185. The Bertz CT molecular complexity index is 2070. The molecule has 0 radical (unpaired) electrons. The number of allylic oxidation sites excluding steroid dienone is 1. The van der Waals surface area contributed by atoms with Crippen LogP contribution in [0.25, 0.3) is 22.3 Å². The molecule has 47 heavy (non-hydrogen) atoms. The summed E-state index contributed by atoms with van der Waals surface area (Å²) in [6.07, 6.45) is 3.90. The Balaban J connectivity index is 1.62. The maximum Gasteiger partial charge on any atom is 0.282 e. The molecule has 0 saturated heterocycles. The van der Waals surface area contributed by atoms with Gasteiger partial charge in [0, 0.05) is 16.7 Å². The molecule has 0 fully saturated rings. The monoisotopic (exact) mass is 626 g/mol. The molecule has 1 aromatic heterocycles. The predicted molar refractivity (Wildman–Crippen MR) is 187 cm³/mol. The summed E-state index contributed by atoms with van der Waals surface area (Å²) in [5, 5.41) is 14.7. The van der Waals surface area contributed by atoms with Gasteiger partial charge in [-0.2, -0.15) is 15.0 Å². The molecule has 4 aromatic carbocycles. The third kappa shape index (κ3) is 6.95. The average Bonchev–Trinajstić information content (AvgIpc) is 3.07. The molecular formula is C39H38N4O4. The van der Waals surface area contributed by atoms with Crippen LogP contribution >= 0.6 is 0 Å². The van der Waals surface area contributed by atoms with Gasteiger partial charge in [0.1, 0.15) is 12.4 Å². The quantitative estimate of drug-likeness (QED) is 0.103. The molecule has 0 aliphatic carbocycles. The van der Waals surface area contributed by atoms with E-state index in [1.54, 1.807) is 37.6 Å². The molecule has 8 nitrogen and oxygen atoms in total. The van der Waals surface area contributed by atoms with Crippen LogP contribution in [0.2, 0.25) is 0 Å². The second kappa shape index (κ2) is 14.6. The van der Waals surface area contributed by atoms with Gasteiger partial charge in [-0.05, 0) is 85.3 Å². The van der Waals surface area contributed by atoms with Crippen molar-refractivity contribution in [3.63, 3.8) is 0 Å². The summed E-state index contributed by atoms with van der Waals surface area (Å²) in [5.41, 5.74) is 5.88. The maximum atomic E-state index is 14.0. The number of aromatic nitrogens is 2. The molecule has 5 rings (SSSR count). The highest BCUT2D eigenvalue weighted by atomic mass is 16.5. The maximum absolute atomic E-state index is 14.0. The molecule has 0 aliphatic rings. The second-order valence-corrected chi connectivity index (χ2v) is 11.4. The number of hydrogen-bond donors (Lipinski definition) is 0. The highest BCUT2D eigenvalue weighted by molar-refractivity contribution is 5.83. The zero-order valence-electron chi connectivity index (χ0n) is 27.4. The number of rotatable bonds is 12. The van der Waals surface area contributed by atoms with E-state index >= 15 is 0 Å². The molecule has 0 unspecified atom stereocenters. The van der Waals surface area contributed by atoms with Crippen LogP contribution in [0.4, 0.5) is 0 Å². The lowest BCUT2D eigenvalue weighted by atomic mass is 9.96. The second-order valence-electron chi connectivity index (χ2n) is 11.4. The third-order valence-electron chi connectivity index (χ3n) is 7.84. The molecule has 0 spiro atoms. The predicted octanol–water partition coefficient (Wildman–Crippen LogP) is 7.96. The van der Waals surface area contributed by atoms with Gasteiger partial charge in [-0.25, -0.2) is 4.98 Å². The van der Waals surface area contributed by atoms with Crippen molar-refractivity contribution in [3.05, 3.63) is 129 Å². The standard InChI is InChI=1S/C39H38N4O4/c1-7-13-28-19-27(20-36(45-6)37(28)47-24-30-15-10-9-14-29(30)22-40)23-41-43-38(42-34-17-12-11-16-31(34)39(43)44)33-21-32(25(3)4)35(46-8-2)18-26(33)5/h7,9-12,14-21,23,25H,1,8,13,24H2,2-6H3. The number of ether oxygens (including phenoxy) is 3. The lowest BCUT2D eigenvalue weighted by Crippen LogP contribution is -2.21. The first kappa shape index (κ1) is 32.7. The number of nitrogens with zero attached hydrogens (tertiary/aromatic N) is 4. The fraction of sp³-hybridized carbons (Fsp3) is 0.231. The van der Waals surface area contributed by atoms with Crippen molar-refractivity contribution in [3.8, 4) is 34.7 Å². The summed E-state index contributed by atoms with van der Waals surface area (Å²) in [7, 11) is 1.57. The molecule has 0 saturated carbocycles. The highest BCUT2D eigenvalue weighted by Gasteiger charge is 2.19. The molecule has 0 atom stereocenters. The summed E-state index contributed by atoms with van der Waals surface area (Å²) in [5.74, 6) is 2.48. The minimum atomic E-state index is -0.282. The van der Waals surface area contributed by atoms with E-state index in [0.29, 0.717) is 52.4 Å². The van der Waals surface area contributed by atoms with Crippen LogP contribution in [0.1, 0.15) is 60.1 Å². The molecule has 1 heterocycles. The van der Waals surface area contributed by atoms with E-state index in [2.05, 4.69) is 32.6 Å². The Morgan fingerprint density at radius 3 is 2.51 bits per heavy atom. The summed E-state index contributed by atoms with van der Waals surface area (Å²) in [6, 6.07) is 24.6. The number of aryl methyl sites for hydroxylation is 1. The number of methoxy groups -OCH3 is 1. The normalized spacial score (nSPS) is 11.2. The molecular weight excluding hydrogens is 588 g/mol. The van der Waals surface area contributed by atoms with Crippen molar-refractivity contribution in [1.29, 1.82) is 5.26 Å². The Morgan fingerprint density at radius 2 is 1.79 bits per heavy atom.